The van der Waals surface area contributed by atoms with Gasteiger partial charge in [0, 0.05) is 25.5 Å². The Bertz CT molecular complexity index is 462. The number of hydrogen-bond donors (Lipinski definition) is 1. The van der Waals surface area contributed by atoms with Crippen LogP contribution in [0.5, 0.6) is 5.75 Å². The summed E-state index contributed by atoms with van der Waals surface area (Å²) in [5.41, 5.74) is 0.766. The minimum Gasteiger partial charge on any atom is -0.508 e. The van der Waals surface area contributed by atoms with E-state index < -0.39 is 0 Å². The molecule has 3 nitrogen and oxygen atoms in total. The minimum atomic E-state index is -0.138. The van der Waals surface area contributed by atoms with Gasteiger partial charge in [0.05, 0.1) is 6.04 Å². The van der Waals surface area contributed by atoms with Gasteiger partial charge in [0.25, 0.3) is 0 Å². The molecule has 1 aromatic carbocycles. The van der Waals surface area contributed by atoms with Crippen LogP contribution in [0.4, 0.5) is 0 Å². The molecule has 0 aliphatic rings. The van der Waals surface area contributed by atoms with E-state index in [2.05, 4.69) is 5.92 Å². The Morgan fingerprint density at radius 2 is 2.11 bits per heavy atom. The third-order valence-electron chi connectivity index (χ3n) is 3.32. The summed E-state index contributed by atoms with van der Waals surface area (Å²) >= 11 is 0. The first-order chi connectivity index (χ1) is 9.07. The van der Waals surface area contributed by atoms with Gasteiger partial charge >= 0.3 is 0 Å². The fraction of sp³-hybridized carbons (Fsp3) is 0.438. The number of amides is 1. The molecule has 0 fully saturated rings. The molecule has 1 amide bonds. The smallest absolute Gasteiger partial charge is 0.222 e. The van der Waals surface area contributed by atoms with Crippen LogP contribution in [0.25, 0.3) is 0 Å². The number of rotatable bonds is 6. The fourth-order valence-electron chi connectivity index (χ4n) is 1.95. The van der Waals surface area contributed by atoms with Gasteiger partial charge in [-0.3, -0.25) is 4.79 Å². The van der Waals surface area contributed by atoms with Gasteiger partial charge in [-0.1, -0.05) is 18.2 Å². The Hall–Kier alpha value is -1.95. The molecule has 1 rings (SSSR count). The number of terminal acetylenes is 1. The topological polar surface area (TPSA) is 40.5 Å². The number of carbonyl (C=O) groups is 1. The van der Waals surface area contributed by atoms with Crippen LogP contribution in [0.2, 0.25) is 0 Å². The highest BCUT2D eigenvalue weighted by molar-refractivity contribution is 5.76. The number of phenols is 1. The number of benzene rings is 1. The van der Waals surface area contributed by atoms with Gasteiger partial charge in [0.2, 0.25) is 5.91 Å². The van der Waals surface area contributed by atoms with Gasteiger partial charge in [-0.25, -0.2) is 0 Å². The minimum absolute atomic E-state index is 0.0766. The molecule has 0 aliphatic carbocycles. The van der Waals surface area contributed by atoms with Crippen LogP contribution in [-0.2, 0) is 4.79 Å². The van der Waals surface area contributed by atoms with Crippen molar-refractivity contribution in [2.75, 3.05) is 7.05 Å². The van der Waals surface area contributed by atoms with E-state index in [-0.39, 0.29) is 17.7 Å². The monoisotopic (exact) mass is 259 g/mol. The highest BCUT2D eigenvalue weighted by atomic mass is 16.3. The maximum absolute atomic E-state index is 12.0. The lowest BCUT2D eigenvalue weighted by Crippen LogP contribution is -2.29. The number of phenolic OH excluding ortho intramolecular Hbond substituents is 1. The zero-order valence-corrected chi connectivity index (χ0v) is 11.6. The predicted molar refractivity (Wildman–Crippen MR) is 76.6 cm³/mol. The second kappa shape index (κ2) is 7.48. The van der Waals surface area contributed by atoms with Crippen LogP contribution in [0, 0.1) is 12.3 Å². The van der Waals surface area contributed by atoms with Gasteiger partial charge in [0.15, 0.2) is 0 Å². The van der Waals surface area contributed by atoms with Crippen LogP contribution in [0.1, 0.15) is 44.2 Å². The first kappa shape index (κ1) is 15.1. The molecule has 0 saturated carbocycles. The zero-order valence-electron chi connectivity index (χ0n) is 11.6. The summed E-state index contributed by atoms with van der Waals surface area (Å²) in [4.78, 5) is 13.7. The summed E-state index contributed by atoms with van der Waals surface area (Å²) in [6, 6.07) is 6.96. The molecule has 0 heterocycles. The molecule has 1 unspecified atom stereocenters. The first-order valence-corrected chi connectivity index (χ1v) is 6.55. The van der Waals surface area contributed by atoms with Gasteiger partial charge in [-0.05, 0) is 25.8 Å². The summed E-state index contributed by atoms with van der Waals surface area (Å²) in [5, 5.41) is 9.80. The molecule has 0 saturated heterocycles. The lowest BCUT2D eigenvalue weighted by Gasteiger charge is -2.26. The molecule has 0 spiro atoms. The molecular formula is C16H21NO2. The number of carbonyl (C=O) groups excluding carboxylic acids is 1. The van der Waals surface area contributed by atoms with Crippen molar-refractivity contribution in [1.29, 1.82) is 0 Å². The van der Waals surface area contributed by atoms with Gasteiger partial charge in [-0.2, -0.15) is 0 Å². The Balaban J connectivity index is 2.57. The second-order valence-electron chi connectivity index (χ2n) is 4.65. The number of unbranched alkanes of at least 4 members (excludes halogenated alkanes) is 2. The second-order valence-corrected chi connectivity index (χ2v) is 4.65. The predicted octanol–water partition coefficient (Wildman–Crippen LogP) is 3.11. The van der Waals surface area contributed by atoms with E-state index in [1.165, 1.54) is 0 Å². The highest BCUT2D eigenvalue weighted by Gasteiger charge is 2.18. The van der Waals surface area contributed by atoms with E-state index in [0.29, 0.717) is 12.8 Å². The van der Waals surface area contributed by atoms with Gasteiger partial charge in [-0.15, -0.1) is 12.3 Å². The largest absolute Gasteiger partial charge is 0.508 e. The van der Waals surface area contributed by atoms with E-state index in [4.69, 9.17) is 6.42 Å². The van der Waals surface area contributed by atoms with E-state index in [1.54, 1.807) is 24.1 Å². The molecule has 1 aromatic rings. The lowest BCUT2D eigenvalue weighted by molar-refractivity contribution is -0.131. The van der Waals surface area contributed by atoms with E-state index in [9.17, 15) is 9.90 Å². The molecule has 1 atom stereocenters. The van der Waals surface area contributed by atoms with Crippen molar-refractivity contribution in [2.24, 2.45) is 0 Å². The third-order valence-corrected chi connectivity index (χ3v) is 3.32. The third kappa shape index (κ3) is 4.33. The average molecular weight is 259 g/mol. The van der Waals surface area contributed by atoms with Crippen molar-refractivity contribution in [3.63, 3.8) is 0 Å². The molecule has 0 bridgehead atoms. The molecule has 1 N–H and O–H groups in total. The van der Waals surface area contributed by atoms with Crippen molar-refractivity contribution in [1.82, 2.24) is 4.90 Å². The van der Waals surface area contributed by atoms with Crippen molar-refractivity contribution in [2.45, 2.75) is 38.6 Å². The van der Waals surface area contributed by atoms with Crippen LogP contribution >= 0.6 is 0 Å². The first-order valence-electron chi connectivity index (χ1n) is 6.55. The number of hydrogen-bond acceptors (Lipinski definition) is 2. The molecule has 19 heavy (non-hydrogen) atoms. The van der Waals surface area contributed by atoms with Gasteiger partial charge in [0.1, 0.15) is 5.75 Å². The highest BCUT2D eigenvalue weighted by Crippen LogP contribution is 2.27. The summed E-state index contributed by atoms with van der Waals surface area (Å²) in [6.07, 6.45) is 8.07. The molecule has 0 radical (unpaired) electrons. The van der Waals surface area contributed by atoms with E-state index in [1.807, 2.05) is 19.1 Å². The number of para-hydroxylation sites is 1. The average Bonchev–Trinajstić information content (AvgIpc) is 2.42. The summed E-state index contributed by atoms with van der Waals surface area (Å²) in [5.74, 6) is 2.87. The Labute approximate surface area is 115 Å². The van der Waals surface area contributed by atoms with E-state index in [0.717, 1.165) is 18.4 Å². The quantitative estimate of drug-likeness (QED) is 0.630. The molecule has 3 heteroatoms. The SMILES string of the molecule is C#CCCCCC(=O)N(C)C(C)c1ccccc1O. The number of nitrogens with zero attached hydrogens (tertiary/aromatic N) is 1. The van der Waals surface area contributed by atoms with Crippen LogP contribution in [0.15, 0.2) is 24.3 Å². The normalized spacial score (nSPS) is 11.6. The summed E-state index contributed by atoms with van der Waals surface area (Å²) in [6.45, 7) is 1.91. The van der Waals surface area contributed by atoms with Crippen molar-refractivity contribution >= 4 is 5.91 Å². The van der Waals surface area contributed by atoms with Crippen molar-refractivity contribution < 1.29 is 9.90 Å². The Morgan fingerprint density at radius 3 is 2.74 bits per heavy atom. The maximum atomic E-state index is 12.0. The number of aromatic hydroxyl groups is 1. The van der Waals surface area contributed by atoms with E-state index >= 15 is 0 Å². The fourth-order valence-corrected chi connectivity index (χ4v) is 1.95. The zero-order chi connectivity index (χ0) is 14.3. The van der Waals surface area contributed by atoms with Crippen LogP contribution in [-0.4, -0.2) is 23.0 Å². The van der Waals surface area contributed by atoms with Crippen LogP contribution < -0.4 is 0 Å². The lowest BCUT2D eigenvalue weighted by atomic mass is 10.1. The van der Waals surface area contributed by atoms with Gasteiger partial charge < -0.3 is 10.0 Å². The molecule has 0 aliphatic heterocycles. The maximum Gasteiger partial charge on any atom is 0.222 e. The molecular weight excluding hydrogens is 238 g/mol. The van der Waals surface area contributed by atoms with Crippen molar-refractivity contribution in [3.05, 3.63) is 29.8 Å². The Morgan fingerprint density at radius 1 is 1.42 bits per heavy atom. The standard InChI is InChI=1S/C16H21NO2/c1-4-5-6-7-12-16(19)17(3)13(2)14-10-8-9-11-15(14)18/h1,8-11,13,18H,5-7,12H2,2-3H3. The molecule has 102 valence electrons. The van der Waals surface area contributed by atoms with Crippen LogP contribution in [0.3, 0.4) is 0 Å². The molecule has 0 aromatic heterocycles. The van der Waals surface area contributed by atoms with Crippen molar-refractivity contribution in [3.8, 4) is 18.1 Å². The Kier molecular flexibility index (Phi) is 5.95. The summed E-state index contributed by atoms with van der Waals surface area (Å²) < 4.78 is 0. The summed E-state index contributed by atoms with van der Waals surface area (Å²) in [7, 11) is 1.76.